The maximum Gasteiger partial charge on any atom is 0.252 e. The number of carbonyl (C=O) groups is 1. The van der Waals surface area contributed by atoms with Gasteiger partial charge in [0.1, 0.15) is 6.04 Å². The minimum Gasteiger partial charge on any atom is -0.444 e. The Labute approximate surface area is 143 Å². The molecular formula is C18H12ClN3O2. The molecule has 1 amide bonds. The zero-order chi connectivity index (χ0) is 16.9. The van der Waals surface area contributed by atoms with Gasteiger partial charge >= 0.3 is 0 Å². The Bertz CT molecular complexity index is 866. The van der Waals surface area contributed by atoms with Gasteiger partial charge in [0.05, 0.1) is 12.3 Å². The van der Waals surface area contributed by atoms with Gasteiger partial charge in [-0.3, -0.25) is 4.79 Å². The number of hydrogen-bond donors (Lipinski definition) is 1. The molecule has 0 unspecified atom stereocenters. The molecule has 1 atom stereocenters. The summed E-state index contributed by atoms with van der Waals surface area (Å²) in [6.07, 6.45) is 2.95. The smallest absolute Gasteiger partial charge is 0.252 e. The predicted molar refractivity (Wildman–Crippen MR) is 89.2 cm³/mol. The van der Waals surface area contributed by atoms with E-state index in [0.29, 0.717) is 21.9 Å². The third-order valence-corrected chi connectivity index (χ3v) is 3.72. The summed E-state index contributed by atoms with van der Waals surface area (Å²) in [6, 6.07) is 15.0. The molecule has 0 spiro atoms. The molecule has 0 fully saturated rings. The van der Waals surface area contributed by atoms with Gasteiger partial charge in [0.25, 0.3) is 5.91 Å². The van der Waals surface area contributed by atoms with Crippen molar-refractivity contribution in [3.8, 4) is 17.4 Å². The zero-order valence-corrected chi connectivity index (χ0v) is 13.2. The van der Waals surface area contributed by atoms with E-state index in [4.69, 9.17) is 16.0 Å². The molecule has 1 N–H and O–H groups in total. The molecule has 24 heavy (non-hydrogen) atoms. The number of nitriles is 1. The first-order valence-electron chi connectivity index (χ1n) is 7.12. The van der Waals surface area contributed by atoms with Gasteiger partial charge < -0.3 is 9.73 Å². The second-order valence-electron chi connectivity index (χ2n) is 5.03. The second-order valence-corrected chi connectivity index (χ2v) is 5.47. The molecule has 0 aliphatic heterocycles. The number of halogens is 1. The number of benzene rings is 2. The van der Waals surface area contributed by atoms with Crippen LogP contribution in [0.3, 0.4) is 0 Å². The number of oxazole rings is 1. The number of aromatic nitrogens is 1. The van der Waals surface area contributed by atoms with E-state index in [1.54, 1.807) is 54.7 Å². The van der Waals surface area contributed by atoms with Gasteiger partial charge in [0, 0.05) is 16.1 Å². The van der Waals surface area contributed by atoms with Crippen LogP contribution in [0.1, 0.15) is 22.0 Å². The molecule has 2 aromatic carbocycles. The van der Waals surface area contributed by atoms with Crippen LogP contribution >= 0.6 is 11.6 Å². The van der Waals surface area contributed by atoms with E-state index in [0.717, 1.165) is 5.56 Å². The molecule has 1 heterocycles. The Hall–Kier alpha value is -3.10. The van der Waals surface area contributed by atoms with Crippen molar-refractivity contribution in [2.45, 2.75) is 6.04 Å². The lowest BCUT2D eigenvalue weighted by atomic mass is 10.1. The highest BCUT2D eigenvalue weighted by Crippen LogP contribution is 2.20. The molecule has 5 nitrogen and oxygen atoms in total. The molecule has 3 aromatic rings. The molecule has 0 saturated heterocycles. The summed E-state index contributed by atoms with van der Waals surface area (Å²) in [4.78, 5) is 16.2. The highest BCUT2D eigenvalue weighted by atomic mass is 35.5. The van der Waals surface area contributed by atoms with Crippen molar-refractivity contribution < 1.29 is 9.21 Å². The van der Waals surface area contributed by atoms with E-state index in [2.05, 4.69) is 16.4 Å². The van der Waals surface area contributed by atoms with Crippen LogP contribution in [0.15, 0.2) is 65.5 Å². The Balaban J connectivity index is 1.74. The molecule has 0 bridgehead atoms. The van der Waals surface area contributed by atoms with Crippen molar-refractivity contribution in [2.75, 3.05) is 0 Å². The van der Waals surface area contributed by atoms with E-state index in [-0.39, 0.29) is 5.91 Å². The third-order valence-electron chi connectivity index (χ3n) is 3.47. The first kappa shape index (κ1) is 15.8. The summed E-state index contributed by atoms with van der Waals surface area (Å²) in [5, 5.41) is 12.6. The van der Waals surface area contributed by atoms with Crippen molar-refractivity contribution in [3.05, 3.63) is 77.3 Å². The molecule has 1 aromatic heterocycles. The summed E-state index contributed by atoms with van der Waals surface area (Å²) >= 11 is 5.84. The van der Waals surface area contributed by atoms with Gasteiger partial charge in [0.2, 0.25) is 0 Å². The maximum atomic E-state index is 12.3. The Morgan fingerprint density at radius 2 is 1.88 bits per heavy atom. The van der Waals surface area contributed by atoms with Crippen LogP contribution in [0.4, 0.5) is 0 Å². The van der Waals surface area contributed by atoms with Crippen LogP contribution in [0.25, 0.3) is 11.3 Å². The molecule has 0 aliphatic carbocycles. The van der Waals surface area contributed by atoms with Gasteiger partial charge in [-0.25, -0.2) is 4.98 Å². The first-order chi connectivity index (χ1) is 11.7. The van der Waals surface area contributed by atoms with Crippen LogP contribution in [0.2, 0.25) is 5.02 Å². The topological polar surface area (TPSA) is 78.9 Å². The lowest BCUT2D eigenvalue weighted by Crippen LogP contribution is -2.27. The van der Waals surface area contributed by atoms with Crippen LogP contribution < -0.4 is 5.32 Å². The zero-order valence-electron chi connectivity index (χ0n) is 12.4. The highest BCUT2D eigenvalue weighted by molar-refractivity contribution is 6.30. The van der Waals surface area contributed by atoms with Crippen LogP contribution in [0.5, 0.6) is 0 Å². The van der Waals surface area contributed by atoms with Crippen molar-refractivity contribution in [1.29, 1.82) is 5.26 Å². The minimum absolute atomic E-state index is 0.333. The molecular weight excluding hydrogens is 326 g/mol. The van der Waals surface area contributed by atoms with Crippen molar-refractivity contribution >= 4 is 17.5 Å². The van der Waals surface area contributed by atoms with Gasteiger partial charge in [-0.15, -0.1) is 0 Å². The van der Waals surface area contributed by atoms with Crippen molar-refractivity contribution in [3.63, 3.8) is 0 Å². The van der Waals surface area contributed by atoms with E-state index in [1.807, 2.05) is 0 Å². The van der Waals surface area contributed by atoms with Gasteiger partial charge in [0.15, 0.2) is 12.2 Å². The Morgan fingerprint density at radius 3 is 2.46 bits per heavy atom. The molecule has 3 rings (SSSR count). The minimum atomic E-state index is -0.747. The standard InChI is InChI=1S/C18H12ClN3O2/c19-15-7-5-12(6-8-15)16(9-20)22-18(23)14-3-1-13(2-4-14)17-10-21-11-24-17/h1-8,10-11,16H,(H,22,23)/t16-/m1/s1. The quantitative estimate of drug-likeness (QED) is 0.780. The fraction of sp³-hybridized carbons (Fsp3) is 0.0556. The van der Waals surface area contributed by atoms with Crippen LogP contribution in [-0.2, 0) is 0 Å². The summed E-state index contributed by atoms with van der Waals surface area (Å²) < 4.78 is 5.20. The van der Waals surface area contributed by atoms with E-state index in [9.17, 15) is 10.1 Å². The molecule has 118 valence electrons. The first-order valence-corrected chi connectivity index (χ1v) is 7.50. The summed E-state index contributed by atoms with van der Waals surface area (Å²) in [6.45, 7) is 0. The van der Waals surface area contributed by atoms with Gasteiger partial charge in [-0.2, -0.15) is 5.26 Å². The van der Waals surface area contributed by atoms with Crippen LogP contribution in [-0.4, -0.2) is 10.9 Å². The number of hydrogen-bond acceptors (Lipinski definition) is 4. The maximum absolute atomic E-state index is 12.3. The van der Waals surface area contributed by atoms with Gasteiger partial charge in [-0.05, 0) is 29.8 Å². The fourth-order valence-corrected chi connectivity index (χ4v) is 2.33. The largest absolute Gasteiger partial charge is 0.444 e. The van der Waals surface area contributed by atoms with Gasteiger partial charge in [-0.1, -0.05) is 35.9 Å². The summed E-state index contributed by atoms with van der Waals surface area (Å²) in [7, 11) is 0. The average Bonchev–Trinajstić information content (AvgIpc) is 3.15. The third kappa shape index (κ3) is 3.45. The molecule has 6 heteroatoms. The van der Waals surface area contributed by atoms with Crippen LogP contribution in [0, 0.1) is 11.3 Å². The lowest BCUT2D eigenvalue weighted by molar-refractivity contribution is 0.0945. The van der Waals surface area contributed by atoms with E-state index < -0.39 is 6.04 Å². The van der Waals surface area contributed by atoms with E-state index in [1.165, 1.54) is 6.39 Å². The average molecular weight is 338 g/mol. The van der Waals surface area contributed by atoms with Crippen molar-refractivity contribution in [1.82, 2.24) is 10.3 Å². The normalized spacial score (nSPS) is 11.5. The number of amides is 1. The number of rotatable bonds is 4. The molecule has 0 aliphatic rings. The Morgan fingerprint density at radius 1 is 1.17 bits per heavy atom. The lowest BCUT2D eigenvalue weighted by Gasteiger charge is -2.12. The second kappa shape index (κ2) is 6.99. The predicted octanol–water partition coefficient (Wildman–Crippen LogP) is 3.99. The number of nitrogens with one attached hydrogen (secondary N) is 1. The monoisotopic (exact) mass is 337 g/mol. The Kier molecular flexibility index (Phi) is 4.59. The highest BCUT2D eigenvalue weighted by Gasteiger charge is 2.15. The summed E-state index contributed by atoms with van der Waals surface area (Å²) in [5.41, 5.74) is 1.94. The van der Waals surface area contributed by atoms with Crippen molar-refractivity contribution in [2.24, 2.45) is 0 Å². The molecule has 0 saturated carbocycles. The molecule has 0 radical (unpaired) electrons. The number of carbonyl (C=O) groups excluding carboxylic acids is 1. The fourth-order valence-electron chi connectivity index (χ4n) is 2.20. The number of nitrogens with zero attached hydrogens (tertiary/aromatic N) is 2. The van der Waals surface area contributed by atoms with E-state index >= 15 is 0 Å². The SMILES string of the molecule is N#C[C@@H](NC(=O)c1ccc(-c2cnco2)cc1)c1ccc(Cl)cc1. The summed E-state index contributed by atoms with van der Waals surface area (Å²) in [5.74, 6) is 0.290.